The summed E-state index contributed by atoms with van der Waals surface area (Å²) in [7, 11) is 1.99. The number of hydrogen-bond acceptors (Lipinski definition) is 3. The molecule has 5 heteroatoms. The van der Waals surface area contributed by atoms with E-state index >= 15 is 0 Å². The van der Waals surface area contributed by atoms with Crippen LogP contribution in [0.25, 0.3) is 17.0 Å². The number of hydrogen-bond donors (Lipinski definition) is 1. The number of carbonyl (C=O) groups is 1. The minimum Gasteiger partial charge on any atom is -0.872 e. The summed E-state index contributed by atoms with van der Waals surface area (Å²) < 4.78 is 8.09. The van der Waals surface area contributed by atoms with Crippen LogP contribution in [0.2, 0.25) is 0 Å². The summed E-state index contributed by atoms with van der Waals surface area (Å²) in [5, 5.41) is 13.7. The Morgan fingerprint density at radius 3 is 2.93 bits per heavy atom. The van der Waals surface area contributed by atoms with Crippen molar-refractivity contribution in [1.29, 1.82) is 0 Å². The van der Waals surface area contributed by atoms with Crippen LogP contribution in [0.3, 0.4) is 0 Å². The lowest BCUT2D eigenvalue weighted by molar-refractivity contribution is -0.922. The molecule has 0 bridgehead atoms. The summed E-state index contributed by atoms with van der Waals surface area (Å²) in [4.78, 5) is 14.4. The third-order valence-corrected chi connectivity index (χ3v) is 6.40. The molecular formula is C25H26N2O3. The number of piperidine rings is 1. The highest BCUT2D eigenvalue weighted by molar-refractivity contribution is 6.15. The summed E-state index contributed by atoms with van der Waals surface area (Å²) >= 11 is 0. The SMILES string of the molecule is CC1CCC[NH+](Cc2c([O-])ccc3c2OC(=Cc2cn(C)c4ccccc24)C3=O)C1. The van der Waals surface area contributed by atoms with E-state index in [-0.39, 0.29) is 17.3 Å². The molecule has 2 aliphatic heterocycles. The zero-order valence-electron chi connectivity index (χ0n) is 17.4. The summed E-state index contributed by atoms with van der Waals surface area (Å²) in [6, 6.07) is 11.2. The van der Waals surface area contributed by atoms with Gasteiger partial charge in [-0.15, -0.1) is 0 Å². The van der Waals surface area contributed by atoms with Gasteiger partial charge in [-0.05, 0) is 31.1 Å². The molecule has 2 aliphatic rings. The summed E-state index contributed by atoms with van der Waals surface area (Å²) in [6.07, 6.45) is 6.21. The molecule has 2 atom stereocenters. The van der Waals surface area contributed by atoms with Crippen LogP contribution in [0.4, 0.5) is 0 Å². The molecule has 30 heavy (non-hydrogen) atoms. The van der Waals surface area contributed by atoms with Crippen molar-refractivity contribution in [3.8, 4) is 11.5 Å². The summed E-state index contributed by atoms with van der Waals surface area (Å²) in [6.45, 7) is 4.98. The molecule has 0 saturated carbocycles. The van der Waals surface area contributed by atoms with Crippen LogP contribution in [0.15, 0.2) is 48.4 Å². The molecule has 3 heterocycles. The van der Waals surface area contributed by atoms with Crippen LogP contribution in [-0.2, 0) is 13.6 Å². The lowest BCUT2D eigenvalue weighted by Crippen LogP contribution is -3.12. The molecule has 2 unspecified atom stereocenters. The Morgan fingerprint density at radius 1 is 1.27 bits per heavy atom. The molecule has 0 aliphatic carbocycles. The van der Waals surface area contributed by atoms with E-state index in [9.17, 15) is 9.90 Å². The number of nitrogens with one attached hydrogen (secondary N) is 1. The van der Waals surface area contributed by atoms with Gasteiger partial charge in [0.05, 0.1) is 18.7 Å². The first-order valence-electron chi connectivity index (χ1n) is 10.7. The van der Waals surface area contributed by atoms with Gasteiger partial charge in [0.2, 0.25) is 5.78 Å². The molecule has 154 valence electrons. The van der Waals surface area contributed by atoms with E-state index in [2.05, 4.69) is 6.92 Å². The van der Waals surface area contributed by atoms with Crippen molar-refractivity contribution in [2.24, 2.45) is 13.0 Å². The minimum absolute atomic E-state index is 0.0429. The molecular weight excluding hydrogens is 376 g/mol. The van der Waals surface area contributed by atoms with Gasteiger partial charge in [-0.3, -0.25) is 4.79 Å². The number of aryl methyl sites for hydroxylation is 1. The Balaban J connectivity index is 1.50. The number of para-hydroxylation sites is 1. The number of likely N-dealkylation sites (tertiary alicyclic amines) is 1. The molecule has 2 aromatic carbocycles. The van der Waals surface area contributed by atoms with Crippen molar-refractivity contribution in [1.82, 2.24) is 4.57 Å². The molecule has 1 fully saturated rings. The van der Waals surface area contributed by atoms with Crippen LogP contribution in [0, 0.1) is 5.92 Å². The Kier molecular flexibility index (Phi) is 4.63. The number of Topliss-reactive ketones (excluding diaryl/α,β-unsaturated/α-hetero) is 1. The molecule has 0 amide bonds. The topological polar surface area (TPSA) is 58.7 Å². The molecule has 0 radical (unpaired) electrons. The molecule has 0 spiro atoms. The molecule has 5 nitrogen and oxygen atoms in total. The maximum Gasteiger partial charge on any atom is 0.231 e. The highest BCUT2D eigenvalue weighted by Gasteiger charge is 2.32. The second-order valence-electron chi connectivity index (χ2n) is 8.70. The van der Waals surface area contributed by atoms with Gasteiger partial charge in [-0.1, -0.05) is 36.9 Å². The van der Waals surface area contributed by atoms with E-state index in [1.165, 1.54) is 23.8 Å². The largest absolute Gasteiger partial charge is 0.872 e. The van der Waals surface area contributed by atoms with E-state index in [1.807, 2.05) is 42.1 Å². The molecule has 1 N–H and O–H groups in total. The number of allylic oxidation sites excluding steroid dienone is 1. The van der Waals surface area contributed by atoms with Crippen LogP contribution in [-0.4, -0.2) is 23.4 Å². The first kappa shape index (κ1) is 18.9. The van der Waals surface area contributed by atoms with Crippen molar-refractivity contribution in [2.75, 3.05) is 13.1 Å². The zero-order chi connectivity index (χ0) is 20.8. The van der Waals surface area contributed by atoms with Gasteiger partial charge < -0.3 is 19.3 Å². The Morgan fingerprint density at radius 2 is 2.10 bits per heavy atom. The van der Waals surface area contributed by atoms with E-state index < -0.39 is 0 Å². The van der Waals surface area contributed by atoms with Gasteiger partial charge in [0.15, 0.2) is 5.76 Å². The number of aromatic nitrogens is 1. The van der Waals surface area contributed by atoms with Crippen LogP contribution < -0.4 is 14.7 Å². The van der Waals surface area contributed by atoms with Gasteiger partial charge in [0, 0.05) is 41.2 Å². The zero-order valence-corrected chi connectivity index (χ0v) is 17.4. The molecule has 5 rings (SSSR count). The maximum atomic E-state index is 13.0. The monoisotopic (exact) mass is 402 g/mol. The second-order valence-corrected chi connectivity index (χ2v) is 8.70. The fourth-order valence-corrected chi connectivity index (χ4v) is 4.89. The van der Waals surface area contributed by atoms with Crippen molar-refractivity contribution < 1.29 is 19.5 Å². The lowest BCUT2D eigenvalue weighted by atomic mass is 9.99. The van der Waals surface area contributed by atoms with Gasteiger partial charge in [0.25, 0.3) is 0 Å². The third kappa shape index (κ3) is 3.19. The minimum atomic E-state index is -0.152. The number of nitrogens with zero attached hydrogens (tertiary/aromatic N) is 1. The summed E-state index contributed by atoms with van der Waals surface area (Å²) in [5.74, 6) is 1.21. The predicted molar refractivity (Wildman–Crippen MR) is 115 cm³/mol. The Labute approximate surface area is 176 Å². The number of ether oxygens (including phenoxy) is 1. The van der Waals surface area contributed by atoms with E-state index in [4.69, 9.17) is 4.74 Å². The number of carbonyl (C=O) groups excluding carboxylic acids is 1. The highest BCUT2D eigenvalue weighted by atomic mass is 16.5. The van der Waals surface area contributed by atoms with Crippen molar-refractivity contribution >= 4 is 22.8 Å². The van der Waals surface area contributed by atoms with Gasteiger partial charge in [0.1, 0.15) is 12.3 Å². The first-order chi connectivity index (χ1) is 14.5. The molecule has 1 aromatic heterocycles. The normalized spacial score (nSPS) is 22.5. The quantitative estimate of drug-likeness (QED) is 0.686. The summed E-state index contributed by atoms with van der Waals surface area (Å²) in [5.41, 5.74) is 3.16. The number of ketones is 1. The van der Waals surface area contributed by atoms with Crippen molar-refractivity contribution in [2.45, 2.75) is 26.3 Å². The standard InChI is InChI=1S/C25H26N2O3/c1-16-6-5-11-27(13-16)15-20-22(28)10-9-19-24(29)23(30-25(19)20)12-17-14-26(2)21-8-4-3-7-18(17)21/h3-4,7-10,12,14,16,28H,5-6,11,13,15H2,1-2H3. The average molecular weight is 402 g/mol. The molecule has 3 aromatic rings. The van der Waals surface area contributed by atoms with Crippen molar-refractivity contribution in [3.63, 3.8) is 0 Å². The van der Waals surface area contributed by atoms with Crippen LogP contribution >= 0.6 is 0 Å². The van der Waals surface area contributed by atoms with Gasteiger partial charge >= 0.3 is 0 Å². The fraction of sp³-hybridized carbons (Fsp3) is 0.320. The van der Waals surface area contributed by atoms with Crippen LogP contribution in [0.1, 0.15) is 41.3 Å². The number of benzene rings is 2. The second kappa shape index (κ2) is 7.33. The first-order valence-corrected chi connectivity index (χ1v) is 10.7. The number of quaternary nitrogens is 1. The van der Waals surface area contributed by atoms with E-state index in [0.29, 0.717) is 29.3 Å². The molecule has 1 saturated heterocycles. The average Bonchev–Trinajstić information content (AvgIpc) is 3.22. The maximum absolute atomic E-state index is 13.0. The van der Waals surface area contributed by atoms with Gasteiger partial charge in [-0.25, -0.2) is 0 Å². The third-order valence-electron chi connectivity index (χ3n) is 6.40. The Hall–Kier alpha value is -3.05. The number of fused-ring (bicyclic) bond motifs is 2. The fourth-order valence-electron chi connectivity index (χ4n) is 4.89. The van der Waals surface area contributed by atoms with E-state index in [1.54, 1.807) is 12.1 Å². The smallest absolute Gasteiger partial charge is 0.231 e. The van der Waals surface area contributed by atoms with Gasteiger partial charge in [-0.2, -0.15) is 0 Å². The van der Waals surface area contributed by atoms with Crippen molar-refractivity contribution in [3.05, 3.63) is 65.0 Å². The number of rotatable bonds is 3. The van der Waals surface area contributed by atoms with E-state index in [0.717, 1.165) is 29.6 Å². The Bertz CT molecular complexity index is 1170. The highest BCUT2D eigenvalue weighted by Crippen LogP contribution is 2.38. The lowest BCUT2D eigenvalue weighted by Gasteiger charge is -2.29. The predicted octanol–water partition coefficient (Wildman–Crippen LogP) is 2.68. The van der Waals surface area contributed by atoms with Crippen LogP contribution in [0.5, 0.6) is 11.5 Å².